The maximum Gasteiger partial charge on any atom is 0.300 e. The molecule has 0 saturated carbocycles. The Morgan fingerprint density at radius 2 is 1.71 bits per heavy atom. The molecule has 0 aromatic heterocycles. The van der Waals surface area contributed by atoms with Gasteiger partial charge in [-0.2, -0.15) is 0 Å². The molecule has 3 aromatic rings. The number of aliphatic hydroxyl groups excluding tert-OH is 1. The molecule has 1 amide bonds. The van der Waals surface area contributed by atoms with E-state index in [1.165, 1.54) is 29.2 Å². The minimum absolute atomic E-state index is 0.0279. The average molecular weight is 480 g/mol. The number of ketones is 1. The van der Waals surface area contributed by atoms with Gasteiger partial charge in [0.05, 0.1) is 11.6 Å². The van der Waals surface area contributed by atoms with Crippen LogP contribution in [-0.4, -0.2) is 16.8 Å². The van der Waals surface area contributed by atoms with Crippen molar-refractivity contribution in [2.75, 3.05) is 4.90 Å². The van der Waals surface area contributed by atoms with Gasteiger partial charge in [-0.25, -0.2) is 4.39 Å². The fraction of sp³-hybridized carbons (Fsp3) is 0.120. The molecule has 1 N–H and O–H groups in total. The molecule has 0 aliphatic carbocycles. The highest BCUT2D eigenvalue weighted by Gasteiger charge is 2.47. The number of amides is 1. The molecule has 1 atom stereocenters. The summed E-state index contributed by atoms with van der Waals surface area (Å²) >= 11 is 3.42. The number of rotatable bonds is 3. The lowest BCUT2D eigenvalue weighted by atomic mass is 9.94. The molecular weight excluding hydrogens is 461 g/mol. The van der Waals surface area contributed by atoms with Gasteiger partial charge in [0.2, 0.25) is 0 Å². The molecule has 1 aliphatic heterocycles. The van der Waals surface area contributed by atoms with Gasteiger partial charge in [0.1, 0.15) is 11.6 Å². The van der Waals surface area contributed by atoms with Crippen molar-refractivity contribution in [2.45, 2.75) is 19.9 Å². The van der Waals surface area contributed by atoms with Crippen LogP contribution in [0.1, 0.15) is 28.3 Å². The molecule has 156 valence electrons. The van der Waals surface area contributed by atoms with Crippen LogP contribution >= 0.6 is 15.9 Å². The molecule has 0 bridgehead atoms. The third kappa shape index (κ3) is 3.79. The molecule has 3 aromatic carbocycles. The third-order valence-corrected chi connectivity index (χ3v) is 6.23. The number of anilines is 1. The number of aryl methyl sites for hydroxylation is 2. The lowest BCUT2D eigenvalue weighted by molar-refractivity contribution is -0.132. The number of carbonyl (C=O) groups is 2. The van der Waals surface area contributed by atoms with Crippen LogP contribution in [-0.2, 0) is 9.59 Å². The molecule has 1 heterocycles. The number of hydrogen-bond acceptors (Lipinski definition) is 3. The van der Waals surface area contributed by atoms with Gasteiger partial charge in [-0.1, -0.05) is 46.3 Å². The van der Waals surface area contributed by atoms with E-state index >= 15 is 0 Å². The van der Waals surface area contributed by atoms with Crippen LogP contribution in [0.15, 0.2) is 76.8 Å². The summed E-state index contributed by atoms with van der Waals surface area (Å²) in [6.45, 7) is 3.75. The predicted octanol–water partition coefficient (Wildman–Crippen LogP) is 5.83. The number of Topliss-reactive ketones (excluding diaryl/α,β-unsaturated/α-hetero) is 1. The minimum atomic E-state index is -0.883. The molecule has 0 spiro atoms. The molecule has 4 nitrogen and oxygen atoms in total. The number of nitrogens with zero attached hydrogens (tertiary/aromatic N) is 1. The minimum Gasteiger partial charge on any atom is -0.507 e. The van der Waals surface area contributed by atoms with Gasteiger partial charge in [0, 0.05) is 15.7 Å². The van der Waals surface area contributed by atoms with Crippen molar-refractivity contribution in [3.05, 3.63) is 105 Å². The van der Waals surface area contributed by atoms with Crippen molar-refractivity contribution >= 4 is 39.1 Å². The highest BCUT2D eigenvalue weighted by molar-refractivity contribution is 9.10. The van der Waals surface area contributed by atoms with Crippen molar-refractivity contribution in [3.8, 4) is 0 Å². The van der Waals surface area contributed by atoms with Crippen LogP contribution in [0.3, 0.4) is 0 Å². The van der Waals surface area contributed by atoms with Crippen molar-refractivity contribution in [1.29, 1.82) is 0 Å². The van der Waals surface area contributed by atoms with E-state index in [4.69, 9.17) is 0 Å². The van der Waals surface area contributed by atoms with Crippen LogP contribution in [0.4, 0.5) is 10.1 Å². The van der Waals surface area contributed by atoms with Crippen molar-refractivity contribution in [3.63, 3.8) is 0 Å². The number of halogens is 2. The Hall–Kier alpha value is -3.25. The van der Waals surface area contributed by atoms with E-state index in [1.54, 1.807) is 36.4 Å². The van der Waals surface area contributed by atoms with Gasteiger partial charge >= 0.3 is 0 Å². The first-order valence-corrected chi connectivity index (χ1v) is 10.5. The first kappa shape index (κ1) is 21.0. The van der Waals surface area contributed by atoms with Crippen molar-refractivity contribution < 1.29 is 19.1 Å². The van der Waals surface area contributed by atoms with E-state index in [2.05, 4.69) is 15.9 Å². The fourth-order valence-electron chi connectivity index (χ4n) is 3.78. The summed E-state index contributed by atoms with van der Waals surface area (Å²) in [6.07, 6.45) is 0. The Morgan fingerprint density at radius 1 is 1.00 bits per heavy atom. The first-order chi connectivity index (χ1) is 14.8. The van der Waals surface area contributed by atoms with Crippen LogP contribution in [0.2, 0.25) is 0 Å². The standard InChI is InChI=1S/C25H19BrFNO3/c1-14-4-3-5-19(12-14)28-22(16-6-9-18(27)10-7-16)21(24(30)25(28)31)23(29)17-8-11-20(26)15(2)13-17/h3-13,22,29H,1-2H3/b23-21-. The summed E-state index contributed by atoms with van der Waals surface area (Å²) in [5.74, 6) is -2.22. The van der Waals surface area contributed by atoms with E-state index in [9.17, 15) is 19.1 Å². The summed E-state index contributed by atoms with van der Waals surface area (Å²) in [6, 6.07) is 17.1. The highest BCUT2D eigenvalue weighted by atomic mass is 79.9. The third-order valence-electron chi connectivity index (χ3n) is 5.34. The van der Waals surface area contributed by atoms with E-state index in [0.29, 0.717) is 16.8 Å². The Kier molecular flexibility index (Phi) is 5.50. The fourth-order valence-corrected chi connectivity index (χ4v) is 4.03. The number of benzene rings is 3. The maximum atomic E-state index is 13.6. The molecule has 1 saturated heterocycles. The summed E-state index contributed by atoms with van der Waals surface area (Å²) < 4.78 is 14.5. The summed E-state index contributed by atoms with van der Waals surface area (Å²) in [7, 11) is 0. The largest absolute Gasteiger partial charge is 0.507 e. The van der Waals surface area contributed by atoms with Gasteiger partial charge in [0.15, 0.2) is 0 Å². The Labute approximate surface area is 187 Å². The summed E-state index contributed by atoms with van der Waals surface area (Å²) in [4.78, 5) is 27.5. The molecule has 4 rings (SSSR count). The van der Waals surface area contributed by atoms with E-state index in [0.717, 1.165) is 15.6 Å². The topological polar surface area (TPSA) is 57.6 Å². The predicted molar refractivity (Wildman–Crippen MR) is 121 cm³/mol. The number of aliphatic hydroxyl groups is 1. The second kappa shape index (κ2) is 8.12. The molecular formula is C25H19BrFNO3. The lowest BCUT2D eigenvalue weighted by Crippen LogP contribution is -2.29. The van der Waals surface area contributed by atoms with Gasteiger partial charge in [-0.3, -0.25) is 14.5 Å². The lowest BCUT2D eigenvalue weighted by Gasteiger charge is -2.25. The Bertz CT molecular complexity index is 1230. The van der Waals surface area contributed by atoms with Crippen molar-refractivity contribution in [2.24, 2.45) is 0 Å². The van der Waals surface area contributed by atoms with Crippen LogP contribution in [0, 0.1) is 19.7 Å². The zero-order chi connectivity index (χ0) is 22.3. The Morgan fingerprint density at radius 3 is 2.35 bits per heavy atom. The summed E-state index contributed by atoms with van der Waals surface area (Å²) in [5, 5.41) is 11.1. The van der Waals surface area contributed by atoms with Gasteiger partial charge < -0.3 is 5.11 Å². The molecule has 1 aliphatic rings. The maximum absolute atomic E-state index is 13.6. The van der Waals surface area contributed by atoms with Crippen LogP contribution in [0.25, 0.3) is 5.76 Å². The number of carbonyl (C=O) groups excluding carboxylic acids is 2. The molecule has 1 fully saturated rings. The van der Waals surface area contributed by atoms with Crippen LogP contribution in [0.5, 0.6) is 0 Å². The normalized spacial score (nSPS) is 17.9. The molecule has 1 unspecified atom stereocenters. The SMILES string of the molecule is Cc1cccc(N2C(=O)C(=O)/C(=C(\O)c3ccc(Br)c(C)c3)C2c2ccc(F)cc2)c1. The van der Waals surface area contributed by atoms with Crippen LogP contribution < -0.4 is 4.90 Å². The van der Waals surface area contributed by atoms with E-state index < -0.39 is 23.5 Å². The smallest absolute Gasteiger partial charge is 0.300 e. The average Bonchev–Trinajstić information content (AvgIpc) is 3.01. The zero-order valence-corrected chi connectivity index (χ0v) is 18.5. The first-order valence-electron chi connectivity index (χ1n) is 9.67. The summed E-state index contributed by atoms with van der Waals surface area (Å²) in [5.41, 5.74) is 3.24. The molecule has 0 radical (unpaired) electrons. The molecule has 31 heavy (non-hydrogen) atoms. The second-order valence-electron chi connectivity index (χ2n) is 7.52. The zero-order valence-electron chi connectivity index (χ0n) is 16.9. The Balaban J connectivity index is 1.96. The molecule has 6 heteroatoms. The quantitative estimate of drug-likeness (QED) is 0.292. The number of hydrogen-bond donors (Lipinski definition) is 1. The monoisotopic (exact) mass is 479 g/mol. The van der Waals surface area contributed by atoms with Gasteiger partial charge in [-0.15, -0.1) is 0 Å². The second-order valence-corrected chi connectivity index (χ2v) is 8.38. The highest BCUT2D eigenvalue weighted by Crippen LogP contribution is 2.42. The van der Waals surface area contributed by atoms with Gasteiger partial charge in [0.25, 0.3) is 11.7 Å². The van der Waals surface area contributed by atoms with E-state index in [-0.39, 0.29) is 11.3 Å². The van der Waals surface area contributed by atoms with E-state index in [1.807, 2.05) is 19.9 Å². The van der Waals surface area contributed by atoms with Gasteiger partial charge in [-0.05, 0) is 66.9 Å². The van der Waals surface area contributed by atoms with Crippen molar-refractivity contribution in [1.82, 2.24) is 0 Å².